The van der Waals surface area contributed by atoms with Crippen LogP contribution in [-0.2, 0) is 16.6 Å². The maximum absolute atomic E-state index is 12.5. The van der Waals surface area contributed by atoms with Crippen molar-refractivity contribution in [3.05, 3.63) is 70.0 Å². The van der Waals surface area contributed by atoms with Crippen molar-refractivity contribution in [3.8, 4) is 11.4 Å². The Hall–Kier alpha value is -2.90. The molecule has 2 N–H and O–H groups in total. The van der Waals surface area contributed by atoms with Crippen LogP contribution in [0.25, 0.3) is 11.4 Å². The number of halogens is 2. The molecule has 0 saturated carbocycles. The molecule has 164 valence electrons. The lowest BCUT2D eigenvalue weighted by molar-refractivity contribution is 0.102. The van der Waals surface area contributed by atoms with Crippen LogP contribution in [-0.4, -0.2) is 34.7 Å². The van der Waals surface area contributed by atoms with Gasteiger partial charge < -0.3 is 4.52 Å². The van der Waals surface area contributed by atoms with E-state index in [1.54, 1.807) is 36.4 Å². The molecule has 14 heteroatoms. The lowest BCUT2D eigenvalue weighted by Gasteiger charge is -2.01. The van der Waals surface area contributed by atoms with Gasteiger partial charge in [0.2, 0.25) is 21.2 Å². The highest BCUT2D eigenvalue weighted by Crippen LogP contribution is 2.22. The first-order chi connectivity index (χ1) is 15.3. The molecule has 0 spiro atoms. The highest BCUT2D eigenvalue weighted by Gasteiger charge is 2.22. The summed E-state index contributed by atoms with van der Waals surface area (Å²) >= 11 is 12.3. The van der Waals surface area contributed by atoms with Gasteiger partial charge in [-0.15, -0.1) is 10.2 Å². The lowest BCUT2D eigenvalue weighted by Crippen LogP contribution is -2.23. The molecule has 0 aliphatic carbocycles. The van der Waals surface area contributed by atoms with Gasteiger partial charge >= 0.3 is 0 Å². The normalized spacial score (nSPS) is 11.4. The third-order valence-corrected chi connectivity index (χ3v) is 7.06. The van der Waals surface area contributed by atoms with E-state index in [2.05, 4.69) is 30.4 Å². The quantitative estimate of drug-likeness (QED) is 0.359. The molecule has 0 fully saturated rings. The Morgan fingerprint density at radius 1 is 1.00 bits per heavy atom. The zero-order chi connectivity index (χ0) is 22.7. The average molecular weight is 511 g/mol. The molecule has 10 nitrogen and oxygen atoms in total. The number of hydrogen-bond acceptors (Lipinski definition) is 9. The molecule has 4 rings (SSSR count). The van der Waals surface area contributed by atoms with Crippen LogP contribution in [0.5, 0.6) is 0 Å². The van der Waals surface area contributed by atoms with E-state index in [9.17, 15) is 13.2 Å². The van der Waals surface area contributed by atoms with Gasteiger partial charge in [-0.3, -0.25) is 10.1 Å². The molecule has 0 saturated heterocycles. The van der Waals surface area contributed by atoms with Crippen LogP contribution in [0.15, 0.2) is 57.4 Å². The van der Waals surface area contributed by atoms with Crippen molar-refractivity contribution in [2.45, 2.75) is 10.9 Å². The van der Waals surface area contributed by atoms with Crippen molar-refractivity contribution in [1.82, 2.24) is 25.1 Å². The zero-order valence-corrected chi connectivity index (χ0v) is 19.0. The monoisotopic (exact) mass is 510 g/mol. The number of nitrogens with one attached hydrogen (secondary N) is 2. The van der Waals surface area contributed by atoms with Crippen LogP contribution in [0, 0.1) is 0 Å². The molecule has 4 aromatic rings. The average Bonchev–Trinajstić information content (AvgIpc) is 3.44. The summed E-state index contributed by atoms with van der Waals surface area (Å²) in [6.07, 6.45) is 0. The molecule has 32 heavy (non-hydrogen) atoms. The predicted molar refractivity (Wildman–Crippen MR) is 118 cm³/mol. The highest BCUT2D eigenvalue weighted by molar-refractivity contribution is 7.91. The number of nitrogens with zero attached hydrogens (tertiary/aromatic N) is 4. The van der Waals surface area contributed by atoms with E-state index < -0.39 is 15.9 Å². The Kier molecular flexibility index (Phi) is 6.48. The van der Waals surface area contributed by atoms with E-state index >= 15 is 0 Å². The van der Waals surface area contributed by atoms with Gasteiger partial charge in [0.25, 0.3) is 15.9 Å². The van der Waals surface area contributed by atoms with Gasteiger partial charge in [-0.05, 0) is 48.5 Å². The Morgan fingerprint density at radius 3 is 2.34 bits per heavy atom. The standard InChI is InChI=1S/C18H12Cl2N6O4S2/c19-12-5-1-10(2-6-12)15-22-14(30-26-15)9-21-32(28,29)18-25-24-17(31-18)23-16(27)11-3-7-13(20)8-4-11/h1-8,21H,9H2,(H,23,24,27). The van der Waals surface area contributed by atoms with E-state index in [4.69, 9.17) is 27.7 Å². The number of aromatic nitrogens is 4. The van der Waals surface area contributed by atoms with Gasteiger partial charge in [0, 0.05) is 21.2 Å². The SMILES string of the molecule is O=C(Nc1nnc(S(=O)(=O)NCc2nc(-c3ccc(Cl)cc3)no2)s1)c1ccc(Cl)cc1. The third kappa shape index (κ3) is 5.29. The summed E-state index contributed by atoms with van der Waals surface area (Å²) in [7, 11) is -4.02. The molecule has 0 aliphatic heterocycles. The topological polar surface area (TPSA) is 140 Å². The van der Waals surface area contributed by atoms with Crippen molar-refractivity contribution >= 4 is 55.6 Å². The molecular weight excluding hydrogens is 499 g/mol. The number of carbonyl (C=O) groups excluding carboxylic acids is 1. The van der Waals surface area contributed by atoms with E-state index in [1.165, 1.54) is 12.1 Å². The molecule has 1 amide bonds. The number of sulfonamides is 1. The first-order valence-corrected chi connectivity index (χ1v) is 11.8. The zero-order valence-electron chi connectivity index (χ0n) is 15.8. The van der Waals surface area contributed by atoms with E-state index in [1.807, 2.05) is 0 Å². The number of rotatable bonds is 7. The van der Waals surface area contributed by atoms with Crippen molar-refractivity contribution in [3.63, 3.8) is 0 Å². The second kappa shape index (κ2) is 9.30. The molecule has 0 bridgehead atoms. The first-order valence-electron chi connectivity index (χ1n) is 8.79. The number of carbonyl (C=O) groups is 1. The van der Waals surface area contributed by atoms with Gasteiger partial charge in [0.1, 0.15) is 0 Å². The Bertz CT molecular complexity index is 1350. The predicted octanol–water partition coefficient (Wildman–Crippen LogP) is 3.63. The molecule has 0 aliphatic rings. The summed E-state index contributed by atoms with van der Waals surface area (Å²) in [5.41, 5.74) is 0.998. The summed E-state index contributed by atoms with van der Waals surface area (Å²) < 4.78 is 32.0. The minimum atomic E-state index is -4.02. The second-order valence-corrected chi connectivity index (χ2v) is 9.97. The molecular formula is C18H12Cl2N6O4S2. The smallest absolute Gasteiger partial charge is 0.270 e. The number of amides is 1. The third-order valence-electron chi connectivity index (χ3n) is 3.95. The minimum absolute atomic E-state index is 0.0214. The van der Waals surface area contributed by atoms with Gasteiger partial charge in [-0.1, -0.05) is 39.7 Å². The summed E-state index contributed by atoms with van der Waals surface area (Å²) in [5, 5.41) is 14.7. The molecule has 2 aromatic carbocycles. The molecule has 0 atom stereocenters. The van der Waals surface area contributed by atoms with Gasteiger partial charge in [0.05, 0.1) is 6.54 Å². The molecule has 0 unspecified atom stereocenters. The highest BCUT2D eigenvalue weighted by atomic mass is 35.5. The van der Waals surface area contributed by atoms with Crippen molar-refractivity contribution in [1.29, 1.82) is 0 Å². The summed E-state index contributed by atoms with van der Waals surface area (Å²) in [5.74, 6) is -0.131. The van der Waals surface area contributed by atoms with E-state index in [0.29, 0.717) is 38.3 Å². The number of benzene rings is 2. The van der Waals surface area contributed by atoms with Crippen LogP contribution in [0.2, 0.25) is 10.0 Å². The number of hydrogen-bond donors (Lipinski definition) is 2. The van der Waals surface area contributed by atoms with Crippen LogP contribution in [0.4, 0.5) is 5.13 Å². The van der Waals surface area contributed by atoms with Gasteiger partial charge in [-0.2, -0.15) is 9.71 Å². The summed E-state index contributed by atoms with van der Waals surface area (Å²) in [6.45, 7) is -0.255. The van der Waals surface area contributed by atoms with Crippen molar-refractivity contribution in [2.24, 2.45) is 0 Å². The first kappa shape index (κ1) is 22.3. The van der Waals surface area contributed by atoms with Gasteiger partial charge in [0.15, 0.2) is 0 Å². The van der Waals surface area contributed by atoms with Crippen molar-refractivity contribution in [2.75, 3.05) is 5.32 Å². The van der Waals surface area contributed by atoms with E-state index in [-0.39, 0.29) is 21.9 Å². The van der Waals surface area contributed by atoms with Crippen molar-refractivity contribution < 1.29 is 17.7 Å². The van der Waals surface area contributed by atoms with Crippen LogP contribution in [0.3, 0.4) is 0 Å². The molecule has 2 heterocycles. The van der Waals surface area contributed by atoms with Gasteiger partial charge in [-0.25, -0.2) is 8.42 Å². The minimum Gasteiger partial charge on any atom is -0.338 e. The summed E-state index contributed by atoms with van der Waals surface area (Å²) in [6, 6.07) is 13.0. The van der Waals surface area contributed by atoms with E-state index in [0.717, 1.165) is 0 Å². The molecule has 0 radical (unpaired) electrons. The Labute approximate surface area is 195 Å². The second-order valence-electron chi connectivity index (χ2n) is 6.18. The maximum Gasteiger partial charge on any atom is 0.270 e. The molecule has 2 aromatic heterocycles. The largest absolute Gasteiger partial charge is 0.338 e. The van der Waals surface area contributed by atoms with Crippen LogP contribution < -0.4 is 10.0 Å². The number of anilines is 1. The summed E-state index contributed by atoms with van der Waals surface area (Å²) in [4.78, 5) is 16.4. The fourth-order valence-electron chi connectivity index (χ4n) is 2.40. The Morgan fingerprint density at radius 2 is 1.66 bits per heavy atom. The fraction of sp³-hybridized carbons (Fsp3) is 0.0556. The van der Waals surface area contributed by atoms with Crippen LogP contribution in [0.1, 0.15) is 16.2 Å². The fourth-order valence-corrected chi connectivity index (χ4v) is 4.56. The lowest BCUT2D eigenvalue weighted by atomic mass is 10.2. The van der Waals surface area contributed by atoms with Crippen LogP contribution >= 0.6 is 34.5 Å². The Balaban J connectivity index is 1.39. The maximum atomic E-state index is 12.5.